The number of halogens is 2. The largest absolute Gasteiger partial charge is 0.341 e. The van der Waals surface area contributed by atoms with E-state index in [0.717, 1.165) is 45.2 Å². The van der Waals surface area contributed by atoms with Crippen molar-refractivity contribution < 1.29 is 4.79 Å². The van der Waals surface area contributed by atoms with Gasteiger partial charge in [0.2, 0.25) is 5.91 Å². The molecule has 1 atom stereocenters. The normalized spacial score (nSPS) is 30.3. The van der Waals surface area contributed by atoms with Crippen LogP contribution in [-0.4, -0.2) is 61.0 Å². The first-order chi connectivity index (χ1) is 10.8. The fourth-order valence-corrected chi connectivity index (χ4v) is 5.19. The van der Waals surface area contributed by atoms with Crippen LogP contribution < -0.4 is 5.32 Å². The number of rotatable bonds is 2. The third-order valence-corrected chi connectivity index (χ3v) is 6.77. The Labute approximate surface area is 158 Å². The molecule has 4 fully saturated rings. The highest BCUT2D eigenvalue weighted by Crippen LogP contribution is 2.59. The number of nitrogens with zero attached hydrogens (tertiary/aromatic N) is 2. The average Bonchev–Trinajstić information content (AvgIpc) is 3.05. The van der Waals surface area contributed by atoms with E-state index in [1.54, 1.807) is 0 Å². The number of hydrogen-bond acceptors (Lipinski definition) is 3. The van der Waals surface area contributed by atoms with Gasteiger partial charge in [-0.25, -0.2) is 0 Å². The zero-order valence-corrected chi connectivity index (χ0v) is 16.3. The fourth-order valence-electron chi connectivity index (χ4n) is 5.19. The van der Waals surface area contributed by atoms with Crippen LogP contribution in [0.5, 0.6) is 0 Å². The van der Waals surface area contributed by atoms with Gasteiger partial charge in [-0.15, -0.1) is 24.8 Å². The standard InChI is InChI=1S/C18H31N3O.2ClH/c22-17(16-14-18(16)6-8-19-9-7-18)21-11-3-10-20(12-13-21)15-4-1-2-5-15;;/h15-16,19H,1-14H2;2*1H. The molecule has 4 aliphatic rings. The lowest BCUT2D eigenvalue weighted by atomic mass is 9.91. The Morgan fingerprint density at radius 2 is 1.62 bits per heavy atom. The molecule has 1 amide bonds. The highest BCUT2D eigenvalue weighted by atomic mass is 35.5. The molecule has 0 bridgehead atoms. The van der Waals surface area contributed by atoms with Crippen molar-refractivity contribution in [3.05, 3.63) is 0 Å². The molecule has 140 valence electrons. The van der Waals surface area contributed by atoms with Crippen molar-refractivity contribution in [3.8, 4) is 0 Å². The molecule has 24 heavy (non-hydrogen) atoms. The van der Waals surface area contributed by atoms with Gasteiger partial charge in [-0.2, -0.15) is 0 Å². The molecule has 2 aliphatic carbocycles. The number of amides is 1. The average molecular weight is 378 g/mol. The van der Waals surface area contributed by atoms with Crippen molar-refractivity contribution in [1.82, 2.24) is 15.1 Å². The molecule has 1 unspecified atom stereocenters. The SMILES string of the molecule is Cl.Cl.O=C(C1CC12CCNCC2)N1CCCN(C2CCCC2)CC1. The highest BCUT2D eigenvalue weighted by molar-refractivity contribution is 5.85. The zero-order valence-electron chi connectivity index (χ0n) is 14.7. The van der Waals surface area contributed by atoms with Crippen LogP contribution in [0.15, 0.2) is 0 Å². The summed E-state index contributed by atoms with van der Waals surface area (Å²) in [5, 5.41) is 3.43. The topological polar surface area (TPSA) is 35.6 Å². The molecule has 0 aromatic heterocycles. The molecular formula is C18H33Cl2N3O. The summed E-state index contributed by atoms with van der Waals surface area (Å²) >= 11 is 0. The number of piperidine rings is 1. The smallest absolute Gasteiger partial charge is 0.226 e. The van der Waals surface area contributed by atoms with Gasteiger partial charge in [0.25, 0.3) is 0 Å². The second kappa shape index (κ2) is 8.57. The van der Waals surface area contributed by atoms with E-state index in [4.69, 9.17) is 0 Å². The lowest BCUT2D eigenvalue weighted by Crippen LogP contribution is -2.40. The molecule has 4 rings (SSSR count). The molecule has 2 heterocycles. The summed E-state index contributed by atoms with van der Waals surface area (Å²) in [5.41, 5.74) is 0.389. The van der Waals surface area contributed by atoms with E-state index < -0.39 is 0 Å². The Bertz CT molecular complexity index is 422. The van der Waals surface area contributed by atoms with Gasteiger partial charge in [-0.3, -0.25) is 9.69 Å². The van der Waals surface area contributed by atoms with Gasteiger partial charge in [0.15, 0.2) is 0 Å². The van der Waals surface area contributed by atoms with Crippen LogP contribution in [0.4, 0.5) is 0 Å². The van der Waals surface area contributed by atoms with Gasteiger partial charge >= 0.3 is 0 Å². The number of nitrogens with one attached hydrogen (secondary N) is 1. The summed E-state index contributed by atoms with van der Waals surface area (Å²) in [5.74, 6) is 0.836. The summed E-state index contributed by atoms with van der Waals surface area (Å²) in [6, 6.07) is 0.812. The molecule has 0 radical (unpaired) electrons. The predicted octanol–water partition coefficient (Wildman–Crippen LogP) is 2.70. The number of carbonyl (C=O) groups is 1. The van der Waals surface area contributed by atoms with Crippen LogP contribution in [0.25, 0.3) is 0 Å². The summed E-state index contributed by atoms with van der Waals surface area (Å²) < 4.78 is 0. The fraction of sp³-hybridized carbons (Fsp3) is 0.944. The third-order valence-electron chi connectivity index (χ3n) is 6.77. The van der Waals surface area contributed by atoms with Crippen molar-refractivity contribution >= 4 is 30.7 Å². The van der Waals surface area contributed by atoms with E-state index >= 15 is 0 Å². The van der Waals surface area contributed by atoms with Gasteiger partial charge in [0.1, 0.15) is 0 Å². The first-order valence-electron chi connectivity index (χ1n) is 9.52. The van der Waals surface area contributed by atoms with E-state index in [-0.39, 0.29) is 24.8 Å². The molecule has 2 aliphatic heterocycles. The molecule has 2 saturated heterocycles. The molecule has 0 aromatic rings. The van der Waals surface area contributed by atoms with Crippen molar-refractivity contribution in [1.29, 1.82) is 0 Å². The van der Waals surface area contributed by atoms with Gasteiger partial charge < -0.3 is 10.2 Å². The predicted molar refractivity (Wildman–Crippen MR) is 102 cm³/mol. The van der Waals surface area contributed by atoms with Gasteiger partial charge in [-0.1, -0.05) is 12.8 Å². The maximum absolute atomic E-state index is 12.9. The van der Waals surface area contributed by atoms with E-state index in [1.807, 2.05) is 0 Å². The highest BCUT2D eigenvalue weighted by Gasteiger charge is 2.58. The van der Waals surface area contributed by atoms with Crippen molar-refractivity contribution in [2.45, 2.75) is 57.4 Å². The minimum Gasteiger partial charge on any atom is -0.341 e. The monoisotopic (exact) mass is 377 g/mol. The molecular weight excluding hydrogens is 345 g/mol. The quantitative estimate of drug-likeness (QED) is 0.803. The minimum atomic E-state index is 0. The second-order valence-electron chi connectivity index (χ2n) is 8.02. The van der Waals surface area contributed by atoms with Crippen molar-refractivity contribution in [2.75, 3.05) is 39.3 Å². The first-order valence-corrected chi connectivity index (χ1v) is 9.52. The molecule has 4 nitrogen and oxygen atoms in total. The summed E-state index contributed by atoms with van der Waals surface area (Å²) in [6.45, 7) is 6.50. The molecule has 6 heteroatoms. The Balaban J connectivity index is 0.00000104. The third kappa shape index (κ3) is 4.03. The number of carbonyl (C=O) groups excluding carboxylic acids is 1. The maximum atomic E-state index is 12.9. The second-order valence-corrected chi connectivity index (χ2v) is 8.02. The van der Waals surface area contributed by atoms with E-state index in [9.17, 15) is 4.79 Å². The summed E-state index contributed by atoms with van der Waals surface area (Å²) in [4.78, 5) is 17.8. The number of hydrogen-bond donors (Lipinski definition) is 1. The maximum Gasteiger partial charge on any atom is 0.226 e. The van der Waals surface area contributed by atoms with Crippen molar-refractivity contribution in [2.24, 2.45) is 11.3 Å². The Morgan fingerprint density at radius 1 is 0.917 bits per heavy atom. The van der Waals surface area contributed by atoms with Crippen LogP contribution in [-0.2, 0) is 4.79 Å². The van der Waals surface area contributed by atoms with E-state index in [1.165, 1.54) is 51.5 Å². The Kier molecular flexibility index (Phi) is 7.24. The molecule has 0 aromatic carbocycles. The van der Waals surface area contributed by atoms with Crippen LogP contribution in [0.3, 0.4) is 0 Å². The first kappa shape index (κ1) is 20.3. The van der Waals surface area contributed by atoms with Gasteiger partial charge in [0, 0.05) is 38.1 Å². The van der Waals surface area contributed by atoms with E-state index in [2.05, 4.69) is 15.1 Å². The van der Waals surface area contributed by atoms with Crippen LogP contribution >= 0.6 is 24.8 Å². The van der Waals surface area contributed by atoms with Gasteiger partial charge in [0.05, 0.1) is 0 Å². The van der Waals surface area contributed by atoms with Crippen molar-refractivity contribution in [3.63, 3.8) is 0 Å². The van der Waals surface area contributed by atoms with Crippen LogP contribution in [0.2, 0.25) is 0 Å². The summed E-state index contributed by atoms with van der Waals surface area (Å²) in [6.07, 6.45) is 10.3. The Morgan fingerprint density at radius 3 is 2.33 bits per heavy atom. The molecule has 2 saturated carbocycles. The lowest BCUT2D eigenvalue weighted by molar-refractivity contribution is -0.133. The van der Waals surface area contributed by atoms with Crippen LogP contribution in [0, 0.1) is 11.3 Å². The van der Waals surface area contributed by atoms with Gasteiger partial charge in [-0.05, 0) is 57.0 Å². The Hall–Kier alpha value is -0.0300. The molecule has 1 N–H and O–H groups in total. The molecule has 1 spiro atoms. The van der Waals surface area contributed by atoms with E-state index in [0.29, 0.717) is 17.2 Å². The lowest BCUT2D eigenvalue weighted by Gasteiger charge is -2.28. The zero-order chi connectivity index (χ0) is 15.0. The summed E-state index contributed by atoms with van der Waals surface area (Å²) in [7, 11) is 0. The van der Waals surface area contributed by atoms with Crippen LogP contribution in [0.1, 0.15) is 51.4 Å². The minimum absolute atomic E-state index is 0.